The van der Waals surface area contributed by atoms with Gasteiger partial charge in [0.15, 0.2) is 0 Å². The van der Waals surface area contributed by atoms with Crippen LogP contribution in [0.2, 0.25) is 0 Å². The van der Waals surface area contributed by atoms with Crippen LogP contribution in [-0.4, -0.2) is 39.7 Å². The van der Waals surface area contributed by atoms with Crippen LogP contribution in [0.3, 0.4) is 0 Å². The molecule has 0 radical (unpaired) electrons. The quantitative estimate of drug-likeness (QED) is 0.338. The minimum absolute atomic E-state index is 0.127. The van der Waals surface area contributed by atoms with E-state index in [1.165, 1.54) is 0 Å². The van der Waals surface area contributed by atoms with Gasteiger partial charge in [-0.2, -0.15) is 0 Å². The summed E-state index contributed by atoms with van der Waals surface area (Å²) in [5.41, 5.74) is -0.245. The molecule has 1 fully saturated rings. The van der Waals surface area contributed by atoms with Crippen molar-refractivity contribution in [3.63, 3.8) is 0 Å². The fraction of sp³-hybridized carbons (Fsp3) is 0.773. The maximum absolute atomic E-state index is 14.3. The molecule has 0 saturated heterocycles. The number of hydrogen-bond acceptors (Lipinski definition) is 3. The number of aliphatic hydroxyl groups excluding tert-OH is 2. The minimum atomic E-state index is -1.07. The van der Waals surface area contributed by atoms with E-state index in [0.29, 0.717) is 19.3 Å². The van der Waals surface area contributed by atoms with E-state index < -0.39 is 24.3 Å². The lowest BCUT2D eigenvalue weighted by Crippen LogP contribution is -2.28. The smallest absolute Gasteiger partial charge is 0.303 e. The number of rotatable bonds is 12. The molecule has 5 atom stereocenters. The third-order valence-corrected chi connectivity index (χ3v) is 5.70. The molecule has 1 saturated carbocycles. The predicted molar refractivity (Wildman–Crippen MR) is 106 cm³/mol. The molecule has 156 valence electrons. The van der Waals surface area contributed by atoms with Gasteiger partial charge in [-0.15, -0.1) is 0 Å². The number of aliphatic carboxylic acids is 1. The maximum atomic E-state index is 14.3. The van der Waals surface area contributed by atoms with Crippen molar-refractivity contribution < 1.29 is 24.5 Å². The molecular formula is C22H37FO4. The van der Waals surface area contributed by atoms with Crippen molar-refractivity contribution in [1.82, 2.24) is 0 Å². The summed E-state index contributed by atoms with van der Waals surface area (Å²) in [7, 11) is 0. The van der Waals surface area contributed by atoms with E-state index in [-0.39, 0.29) is 30.1 Å². The van der Waals surface area contributed by atoms with Crippen LogP contribution < -0.4 is 0 Å². The normalized spacial score (nSPS) is 27.6. The van der Waals surface area contributed by atoms with E-state index in [4.69, 9.17) is 5.11 Å². The topological polar surface area (TPSA) is 77.8 Å². The standard InChI is InChI=1S/C22H37FO4/c1-4-5-14-22(2,3)20(25)13-12-17-16(18(23)15-19(17)24)10-8-6-7-9-11-21(26)27/h6,8,12-13,16-20,24-25H,4-5,7,9-11,14-15H2,1-3H3,(H,26,27)/t16-,17-,18+,19-,20-/m1/s1. The molecule has 0 aromatic carbocycles. The highest BCUT2D eigenvalue weighted by Crippen LogP contribution is 2.39. The number of aliphatic hydroxyl groups is 2. The van der Waals surface area contributed by atoms with Gasteiger partial charge in [0, 0.05) is 24.7 Å². The highest BCUT2D eigenvalue weighted by Gasteiger charge is 2.41. The first kappa shape index (κ1) is 23.8. The van der Waals surface area contributed by atoms with Gasteiger partial charge in [0.1, 0.15) is 6.17 Å². The third kappa shape index (κ3) is 8.14. The van der Waals surface area contributed by atoms with Crippen LogP contribution in [0.25, 0.3) is 0 Å². The Morgan fingerprint density at radius 2 is 2.00 bits per heavy atom. The fourth-order valence-electron chi connectivity index (χ4n) is 3.68. The number of unbranched alkanes of at least 4 members (excludes halogenated alkanes) is 2. The zero-order chi connectivity index (χ0) is 20.4. The molecular weight excluding hydrogens is 347 g/mol. The Morgan fingerprint density at radius 3 is 2.63 bits per heavy atom. The molecule has 0 spiro atoms. The summed E-state index contributed by atoms with van der Waals surface area (Å²) in [6.45, 7) is 6.17. The summed E-state index contributed by atoms with van der Waals surface area (Å²) in [6.07, 6.45) is 9.92. The maximum Gasteiger partial charge on any atom is 0.303 e. The molecule has 0 heterocycles. The van der Waals surface area contributed by atoms with Gasteiger partial charge in [-0.05, 0) is 31.1 Å². The van der Waals surface area contributed by atoms with Gasteiger partial charge in [-0.3, -0.25) is 4.79 Å². The van der Waals surface area contributed by atoms with E-state index in [1.807, 2.05) is 26.0 Å². The van der Waals surface area contributed by atoms with Crippen molar-refractivity contribution in [3.05, 3.63) is 24.3 Å². The summed E-state index contributed by atoms with van der Waals surface area (Å²) in [5.74, 6) is -1.42. The number of carboxylic acid groups (broad SMARTS) is 1. The predicted octanol–water partition coefficient (Wildman–Crippen LogP) is 4.66. The molecule has 4 nitrogen and oxygen atoms in total. The molecule has 0 bridgehead atoms. The minimum Gasteiger partial charge on any atom is -0.481 e. The zero-order valence-electron chi connectivity index (χ0n) is 17.0. The molecule has 0 aromatic rings. The van der Waals surface area contributed by atoms with Crippen LogP contribution in [0.1, 0.15) is 72.1 Å². The van der Waals surface area contributed by atoms with E-state index >= 15 is 0 Å². The summed E-state index contributed by atoms with van der Waals surface area (Å²) < 4.78 is 14.3. The number of carbonyl (C=O) groups is 1. The van der Waals surface area contributed by atoms with Crippen molar-refractivity contribution in [2.75, 3.05) is 0 Å². The molecule has 1 aliphatic carbocycles. The van der Waals surface area contributed by atoms with Gasteiger partial charge in [0.2, 0.25) is 0 Å². The van der Waals surface area contributed by atoms with Gasteiger partial charge < -0.3 is 15.3 Å². The van der Waals surface area contributed by atoms with Crippen molar-refractivity contribution in [3.8, 4) is 0 Å². The van der Waals surface area contributed by atoms with Crippen LogP contribution in [0.4, 0.5) is 4.39 Å². The molecule has 0 unspecified atom stereocenters. The van der Waals surface area contributed by atoms with Crippen molar-refractivity contribution in [2.45, 2.75) is 90.5 Å². The van der Waals surface area contributed by atoms with E-state index in [1.54, 1.807) is 12.2 Å². The van der Waals surface area contributed by atoms with Gasteiger partial charge >= 0.3 is 5.97 Å². The average Bonchev–Trinajstić information content (AvgIpc) is 2.86. The Balaban J connectivity index is 2.62. The average molecular weight is 385 g/mol. The van der Waals surface area contributed by atoms with Crippen LogP contribution in [0.15, 0.2) is 24.3 Å². The molecule has 1 aliphatic rings. The van der Waals surface area contributed by atoms with E-state index in [2.05, 4.69) is 6.92 Å². The van der Waals surface area contributed by atoms with Crippen LogP contribution in [0, 0.1) is 17.3 Å². The number of hydrogen-bond donors (Lipinski definition) is 3. The molecule has 27 heavy (non-hydrogen) atoms. The van der Waals surface area contributed by atoms with E-state index in [9.17, 15) is 19.4 Å². The first-order chi connectivity index (χ1) is 12.7. The zero-order valence-corrected chi connectivity index (χ0v) is 17.0. The lowest BCUT2D eigenvalue weighted by molar-refractivity contribution is -0.137. The second-order valence-electron chi connectivity index (χ2n) is 8.48. The Bertz CT molecular complexity index is 501. The third-order valence-electron chi connectivity index (χ3n) is 5.70. The summed E-state index contributed by atoms with van der Waals surface area (Å²) in [5, 5.41) is 29.3. The Hall–Kier alpha value is -1.20. The lowest BCUT2D eigenvalue weighted by Gasteiger charge is -2.29. The lowest BCUT2D eigenvalue weighted by atomic mass is 9.80. The number of carboxylic acids is 1. The van der Waals surface area contributed by atoms with Crippen LogP contribution in [-0.2, 0) is 4.79 Å². The number of halogens is 1. The first-order valence-electron chi connectivity index (χ1n) is 10.2. The summed E-state index contributed by atoms with van der Waals surface area (Å²) in [6, 6.07) is 0. The van der Waals surface area contributed by atoms with Gasteiger partial charge in [0.05, 0.1) is 12.2 Å². The highest BCUT2D eigenvalue weighted by molar-refractivity contribution is 5.66. The van der Waals surface area contributed by atoms with Crippen molar-refractivity contribution in [1.29, 1.82) is 0 Å². The van der Waals surface area contributed by atoms with E-state index in [0.717, 1.165) is 19.3 Å². The summed E-state index contributed by atoms with van der Waals surface area (Å²) >= 11 is 0. The molecule has 5 heteroatoms. The van der Waals surface area contributed by atoms with Crippen molar-refractivity contribution >= 4 is 5.97 Å². The summed E-state index contributed by atoms with van der Waals surface area (Å²) in [4.78, 5) is 10.5. The largest absolute Gasteiger partial charge is 0.481 e. The first-order valence-corrected chi connectivity index (χ1v) is 10.2. The van der Waals surface area contributed by atoms with Gasteiger partial charge in [-0.1, -0.05) is 57.9 Å². The Labute approximate surface area is 163 Å². The monoisotopic (exact) mass is 384 g/mol. The molecule has 0 aliphatic heterocycles. The second-order valence-corrected chi connectivity index (χ2v) is 8.48. The number of allylic oxidation sites excluding steroid dienone is 2. The van der Waals surface area contributed by atoms with Crippen molar-refractivity contribution in [2.24, 2.45) is 17.3 Å². The molecule has 3 N–H and O–H groups in total. The van der Waals surface area contributed by atoms with Crippen LogP contribution in [0.5, 0.6) is 0 Å². The van der Waals surface area contributed by atoms with Gasteiger partial charge in [-0.25, -0.2) is 4.39 Å². The molecule has 0 amide bonds. The second kappa shape index (κ2) is 11.6. The molecule has 1 rings (SSSR count). The fourth-order valence-corrected chi connectivity index (χ4v) is 3.68. The Kier molecular flexibility index (Phi) is 10.2. The molecule has 0 aromatic heterocycles. The van der Waals surface area contributed by atoms with Crippen LogP contribution >= 0.6 is 0 Å². The SMILES string of the molecule is CCCCC(C)(C)[C@H](O)C=C[C@@H]1[C@@H](CC=CCCCC(=O)O)[C@@H](F)C[C@H]1O. The number of alkyl halides is 1. The van der Waals surface area contributed by atoms with Gasteiger partial charge in [0.25, 0.3) is 0 Å². The highest BCUT2D eigenvalue weighted by atomic mass is 19.1. The Morgan fingerprint density at radius 1 is 1.30 bits per heavy atom.